The molecule has 0 aliphatic rings. The Balaban J connectivity index is 1.83. The summed E-state index contributed by atoms with van der Waals surface area (Å²) in [5.41, 5.74) is 3.01. The van der Waals surface area contributed by atoms with Crippen molar-refractivity contribution in [2.75, 3.05) is 27.9 Å². The molecule has 0 bridgehead atoms. The van der Waals surface area contributed by atoms with E-state index in [1.165, 1.54) is 12.7 Å². The van der Waals surface area contributed by atoms with Gasteiger partial charge in [-0.3, -0.25) is 9.59 Å². The Labute approximate surface area is 166 Å². The van der Waals surface area contributed by atoms with Gasteiger partial charge in [0.25, 0.3) is 5.91 Å². The van der Waals surface area contributed by atoms with E-state index in [2.05, 4.69) is 19.1 Å². The van der Waals surface area contributed by atoms with Crippen LogP contribution >= 0.6 is 0 Å². The van der Waals surface area contributed by atoms with Gasteiger partial charge in [-0.2, -0.15) is 0 Å². The van der Waals surface area contributed by atoms with Crippen LogP contribution in [0.1, 0.15) is 23.6 Å². The van der Waals surface area contributed by atoms with Crippen LogP contribution in [0.2, 0.25) is 0 Å². The van der Waals surface area contributed by atoms with Crippen LogP contribution in [0.15, 0.2) is 42.5 Å². The molecule has 2 aromatic rings. The second kappa shape index (κ2) is 10.3. The first kappa shape index (κ1) is 21.3. The second-order valence-corrected chi connectivity index (χ2v) is 6.45. The average molecular weight is 385 g/mol. The van der Waals surface area contributed by atoms with Gasteiger partial charge in [0, 0.05) is 13.6 Å². The number of amides is 1. The van der Waals surface area contributed by atoms with E-state index in [0.717, 1.165) is 17.5 Å². The highest BCUT2D eigenvalue weighted by Gasteiger charge is 2.14. The average Bonchev–Trinajstić information content (AvgIpc) is 2.72. The van der Waals surface area contributed by atoms with Gasteiger partial charge >= 0.3 is 5.97 Å². The molecule has 2 aromatic carbocycles. The van der Waals surface area contributed by atoms with Gasteiger partial charge < -0.3 is 19.1 Å². The molecule has 2 rings (SSSR count). The number of hydrogen-bond acceptors (Lipinski definition) is 5. The molecule has 0 aromatic heterocycles. The third-order valence-electron chi connectivity index (χ3n) is 4.43. The number of hydrogen-bond donors (Lipinski definition) is 0. The first-order valence-electron chi connectivity index (χ1n) is 9.15. The molecule has 0 aliphatic carbocycles. The summed E-state index contributed by atoms with van der Waals surface area (Å²) in [5.74, 6) is 0.405. The van der Waals surface area contributed by atoms with Gasteiger partial charge in [-0.1, -0.05) is 37.3 Å². The summed E-state index contributed by atoms with van der Waals surface area (Å²) in [6, 6.07) is 13.3. The molecule has 150 valence electrons. The van der Waals surface area contributed by atoms with Crippen LogP contribution in [-0.4, -0.2) is 44.7 Å². The summed E-state index contributed by atoms with van der Waals surface area (Å²) in [6.07, 6.45) is 1.03. The number of methoxy groups -OCH3 is 2. The number of carbonyl (C=O) groups excluding carboxylic acids is 2. The molecule has 0 spiro atoms. The lowest BCUT2D eigenvalue weighted by Gasteiger charge is -2.17. The van der Waals surface area contributed by atoms with Gasteiger partial charge in [0.15, 0.2) is 18.1 Å². The van der Waals surface area contributed by atoms with Crippen LogP contribution in [-0.2, 0) is 33.7 Å². The second-order valence-electron chi connectivity index (χ2n) is 6.45. The van der Waals surface area contributed by atoms with E-state index in [4.69, 9.17) is 14.2 Å². The van der Waals surface area contributed by atoms with Gasteiger partial charge in [-0.05, 0) is 35.2 Å². The Bertz CT molecular complexity index is 801. The summed E-state index contributed by atoms with van der Waals surface area (Å²) in [4.78, 5) is 25.8. The molecular formula is C22H27NO5. The minimum absolute atomic E-state index is 0.0514. The maximum atomic E-state index is 12.2. The van der Waals surface area contributed by atoms with Crippen molar-refractivity contribution >= 4 is 11.9 Å². The molecule has 0 radical (unpaired) electrons. The zero-order valence-corrected chi connectivity index (χ0v) is 16.9. The minimum atomic E-state index is -0.471. The SMILES string of the molecule is CCc1ccc(CN(C)C(=O)COC(=O)Cc2ccc(OC)c(OC)c2)cc1. The van der Waals surface area contributed by atoms with E-state index in [0.29, 0.717) is 18.0 Å². The molecule has 0 saturated heterocycles. The first-order chi connectivity index (χ1) is 13.5. The normalized spacial score (nSPS) is 10.3. The highest BCUT2D eigenvalue weighted by molar-refractivity contribution is 5.81. The maximum Gasteiger partial charge on any atom is 0.310 e. The van der Waals surface area contributed by atoms with Crippen molar-refractivity contribution in [2.45, 2.75) is 26.3 Å². The summed E-state index contributed by atoms with van der Waals surface area (Å²) >= 11 is 0. The van der Waals surface area contributed by atoms with E-state index in [-0.39, 0.29) is 18.9 Å². The van der Waals surface area contributed by atoms with Crippen LogP contribution in [0, 0.1) is 0 Å². The Morgan fingerprint density at radius 3 is 2.11 bits per heavy atom. The third-order valence-corrected chi connectivity index (χ3v) is 4.43. The number of benzene rings is 2. The number of ether oxygens (including phenoxy) is 3. The fraction of sp³-hybridized carbons (Fsp3) is 0.364. The van der Waals surface area contributed by atoms with E-state index in [1.807, 2.05) is 12.1 Å². The first-order valence-corrected chi connectivity index (χ1v) is 9.15. The Kier molecular flexibility index (Phi) is 7.87. The largest absolute Gasteiger partial charge is 0.493 e. The molecule has 0 aliphatic heterocycles. The Morgan fingerprint density at radius 2 is 1.50 bits per heavy atom. The molecule has 0 saturated carbocycles. The Morgan fingerprint density at radius 1 is 0.893 bits per heavy atom. The molecule has 1 amide bonds. The number of carbonyl (C=O) groups is 2. The third kappa shape index (κ3) is 6.01. The number of esters is 1. The quantitative estimate of drug-likeness (QED) is 0.621. The maximum absolute atomic E-state index is 12.2. The van der Waals surface area contributed by atoms with Crippen molar-refractivity contribution in [3.8, 4) is 11.5 Å². The van der Waals surface area contributed by atoms with Crippen molar-refractivity contribution < 1.29 is 23.8 Å². The number of nitrogens with zero attached hydrogens (tertiary/aromatic N) is 1. The fourth-order valence-electron chi connectivity index (χ4n) is 2.70. The standard InChI is InChI=1S/C22H27NO5/c1-5-16-6-8-17(9-7-16)14-23(2)21(24)15-28-22(25)13-18-10-11-19(26-3)20(12-18)27-4/h6-12H,5,13-15H2,1-4H3. The van der Waals surface area contributed by atoms with E-state index < -0.39 is 5.97 Å². The van der Waals surface area contributed by atoms with Crippen molar-refractivity contribution in [1.82, 2.24) is 4.90 Å². The Hall–Kier alpha value is -3.02. The van der Waals surface area contributed by atoms with E-state index in [1.54, 1.807) is 37.3 Å². The summed E-state index contributed by atoms with van der Waals surface area (Å²) in [7, 11) is 4.77. The van der Waals surface area contributed by atoms with Gasteiger partial charge in [0.05, 0.1) is 20.6 Å². The molecule has 0 N–H and O–H groups in total. The van der Waals surface area contributed by atoms with Crippen LogP contribution in [0.4, 0.5) is 0 Å². The van der Waals surface area contributed by atoms with Crippen LogP contribution in [0.25, 0.3) is 0 Å². The molecule has 0 fully saturated rings. The number of rotatable bonds is 9. The van der Waals surface area contributed by atoms with Crippen molar-refractivity contribution in [3.05, 3.63) is 59.2 Å². The lowest BCUT2D eigenvalue weighted by molar-refractivity contribution is -0.151. The minimum Gasteiger partial charge on any atom is -0.493 e. The molecule has 28 heavy (non-hydrogen) atoms. The lowest BCUT2D eigenvalue weighted by Crippen LogP contribution is -2.31. The van der Waals surface area contributed by atoms with Gasteiger partial charge in [0.1, 0.15) is 0 Å². The highest BCUT2D eigenvalue weighted by atomic mass is 16.5. The smallest absolute Gasteiger partial charge is 0.310 e. The molecule has 0 unspecified atom stereocenters. The molecule has 0 heterocycles. The van der Waals surface area contributed by atoms with Crippen molar-refractivity contribution in [2.24, 2.45) is 0 Å². The molecular weight excluding hydrogens is 358 g/mol. The van der Waals surface area contributed by atoms with Crippen LogP contribution < -0.4 is 9.47 Å². The van der Waals surface area contributed by atoms with Crippen molar-refractivity contribution in [3.63, 3.8) is 0 Å². The number of likely N-dealkylation sites (N-methyl/N-ethyl adjacent to an activating group) is 1. The molecule has 6 nitrogen and oxygen atoms in total. The summed E-state index contributed by atoms with van der Waals surface area (Å²) < 4.78 is 15.5. The predicted molar refractivity (Wildman–Crippen MR) is 107 cm³/mol. The number of aryl methyl sites for hydroxylation is 1. The topological polar surface area (TPSA) is 65.1 Å². The van der Waals surface area contributed by atoms with Crippen LogP contribution in [0.5, 0.6) is 11.5 Å². The van der Waals surface area contributed by atoms with Gasteiger partial charge in [-0.25, -0.2) is 0 Å². The lowest BCUT2D eigenvalue weighted by atomic mass is 10.1. The summed E-state index contributed by atoms with van der Waals surface area (Å²) in [5, 5.41) is 0. The fourth-order valence-corrected chi connectivity index (χ4v) is 2.70. The molecule has 0 atom stereocenters. The predicted octanol–water partition coefficient (Wildman–Crippen LogP) is 3.01. The zero-order chi connectivity index (χ0) is 20.5. The molecule has 6 heteroatoms. The van der Waals surface area contributed by atoms with Gasteiger partial charge in [0.2, 0.25) is 0 Å². The highest BCUT2D eigenvalue weighted by Crippen LogP contribution is 2.27. The van der Waals surface area contributed by atoms with E-state index in [9.17, 15) is 9.59 Å². The van der Waals surface area contributed by atoms with Crippen LogP contribution in [0.3, 0.4) is 0 Å². The van der Waals surface area contributed by atoms with Gasteiger partial charge in [-0.15, -0.1) is 0 Å². The monoisotopic (exact) mass is 385 g/mol. The zero-order valence-electron chi connectivity index (χ0n) is 16.9. The van der Waals surface area contributed by atoms with Crippen molar-refractivity contribution in [1.29, 1.82) is 0 Å². The summed E-state index contributed by atoms with van der Waals surface area (Å²) in [6.45, 7) is 2.28. The van der Waals surface area contributed by atoms with E-state index >= 15 is 0 Å².